The maximum Gasteiger partial charge on any atom is 0.337 e. The zero-order valence-electron chi connectivity index (χ0n) is 10.8. The van der Waals surface area contributed by atoms with Gasteiger partial charge in [0, 0.05) is 24.9 Å². The molecule has 1 atom stereocenters. The van der Waals surface area contributed by atoms with E-state index in [1.165, 1.54) is 6.20 Å². The van der Waals surface area contributed by atoms with E-state index in [4.69, 9.17) is 10.2 Å². The summed E-state index contributed by atoms with van der Waals surface area (Å²) in [6, 6.07) is 3.24. The number of aliphatic hydroxyl groups excluding tert-OH is 1. The molecule has 0 aliphatic rings. The SMILES string of the molecule is CCC(C)(CCO)NCc1ccc(C(=O)O)cn1. The Hall–Kier alpha value is -1.46. The molecule has 0 bridgehead atoms. The van der Waals surface area contributed by atoms with Crippen molar-refractivity contribution in [3.63, 3.8) is 0 Å². The van der Waals surface area contributed by atoms with Gasteiger partial charge in [-0.3, -0.25) is 4.98 Å². The summed E-state index contributed by atoms with van der Waals surface area (Å²) in [6.07, 6.45) is 2.94. The summed E-state index contributed by atoms with van der Waals surface area (Å²) in [4.78, 5) is 14.8. The number of aliphatic hydroxyl groups is 1. The third-order valence-electron chi connectivity index (χ3n) is 3.21. The van der Waals surface area contributed by atoms with Crippen LogP contribution in [-0.4, -0.2) is 33.3 Å². The van der Waals surface area contributed by atoms with Gasteiger partial charge in [0.2, 0.25) is 0 Å². The Labute approximate surface area is 107 Å². The monoisotopic (exact) mass is 252 g/mol. The van der Waals surface area contributed by atoms with Gasteiger partial charge in [0.1, 0.15) is 0 Å². The predicted molar refractivity (Wildman–Crippen MR) is 68.4 cm³/mol. The number of aromatic carboxylic acids is 1. The van der Waals surface area contributed by atoms with Crippen LogP contribution < -0.4 is 5.32 Å². The maximum absolute atomic E-state index is 10.7. The van der Waals surface area contributed by atoms with Crippen LogP contribution in [0.25, 0.3) is 0 Å². The fourth-order valence-corrected chi connectivity index (χ4v) is 1.60. The standard InChI is InChI=1S/C13H20N2O3/c1-3-13(2,6-7-16)15-9-11-5-4-10(8-14-11)12(17)18/h4-5,8,15-16H,3,6-7,9H2,1-2H3,(H,17,18). The molecule has 18 heavy (non-hydrogen) atoms. The molecule has 0 saturated heterocycles. The molecule has 0 saturated carbocycles. The molecule has 0 amide bonds. The number of nitrogens with zero attached hydrogens (tertiary/aromatic N) is 1. The minimum Gasteiger partial charge on any atom is -0.478 e. The van der Waals surface area contributed by atoms with Gasteiger partial charge in [-0.25, -0.2) is 4.79 Å². The lowest BCUT2D eigenvalue weighted by atomic mass is 9.95. The second-order valence-electron chi connectivity index (χ2n) is 4.58. The van der Waals surface area contributed by atoms with Crippen molar-refractivity contribution in [2.45, 2.75) is 38.8 Å². The summed E-state index contributed by atoms with van der Waals surface area (Å²) < 4.78 is 0. The molecule has 5 heteroatoms. The van der Waals surface area contributed by atoms with Gasteiger partial charge in [0.05, 0.1) is 11.3 Å². The van der Waals surface area contributed by atoms with Crippen molar-refractivity contribution in [3.8, 4) is 0 Å². The van der Waals surface area contributed by atoms with Crippen LogP contribution in [0.3, 0.4) is 0 Å². The molecular weight excluding hydrogens is 232 g/mol. The maximum atomic E-state index is 10.7. The first-order valence-electron chi connectivity index (χ1n) is 6.05. The molecule has 1 heterocycles. The molecule has 0 radical (unpaired) electrons. The van der Waals surface area contributed by atoms with Crippen molar-refractivity contribution < 1.29 is 15.0 Å². The average molecular weight is 252 g/mol. The van der Waals surface area contributed by atoms with E-state index in [9.17, 15) is 4.79 Å². The Morgan fingerprint density at radius 3 is 2.67 bits per heavy atom. The van der Waals surface area contributed by atoms with Gasteiger partial charge in [-0.2, -0.15) is 0 Å². The van der Waals surface area contributed by atoms with E-state index in [1.807, 2.05) is 0 Å². The summed E-state index contributed by atoms with van der Waals surface area (Å²) in [5.41, 5.74) is 0.854. The fourth-order valence-electron chi connectivity index (χ4n) is 1.60. The number of carboxylic acid groups (broad SMARTS) is 1. The molecule has 1 aromatic rings. The minimum atomic E-state index is -0.972. The van der Waals surface area contributed by atoms with Crippen LogP contribution in [0, 0.1) is 0 Å². The quantitative estimate of drug-likeness (QED) is 0.683. The predicted octanol–water partition coefficient (Wildman–Crippen LogP) is 1.42. The Morgan fingerprint density at radius 2 is 2.22 bits per heavy atom. The van der Waals surface area contributed by atoms with E-state index < -0.39 is 5.97 Å². The van der Waals surface area contributed by atoms with Gasteiger partial charge in [-0.05, 0) is 31.9 Å². The van der Waals surface area contributed by atoms with Crippen LogP contribution in [0.1, 0.15) is 42.7 Å². The summed E-state index contributed by atoms with van der Waals surface area (Å²) in [5.74, 6) is -0.972. The molecule has 5 nitrogen and oxygen atoms in total. The topological polar surface area (TPSA) is 82.5 Å². The third-order valence-corrected chi connectivity index (χ3v) is 3.21. The molecule has 0 aliphatic heterocycles. The molecule has 0 aliphatic carbocycles. The van der Waals surface area contributed by atoms with Crippen molar-refractivity contribution in [2.24, 2.45) is 0 Å². The first-order chi connectivity index (χ1) is 8.50. The number of pyridine rings is 1. The van der Waals surface area contributed by atoms with Crippen molar-refractivity contribution in [3.05, 3.63) is 29.6 Å². The highest BCUT2D eigenvalue weighted by Gasteiger charge is 2.20. The number of aromatic nitrogens is 1. The van der Waals surface area contributed by atoms with Crippen LogP contribution in [-0.2, 0) is 6.54 Å². The van der Waals surface area contributed by atoms with Crippen LogP contribution >= 0.6 is 0 Å². The Balaban J connectivity index is 2.60. The van der Waals surface area contributed by atoms with Gasteiger partial charge < -0.3 is 15.5 Å². The highest BCUT2D eigenvalue weighted by atomic mass is 16.4. The van der Waals surface area contributed by atoms with Crippen LogP contribution in [0.5, 0.6) is 0 Å². The molecular formula is C13H20N2O3. The number of hydrogen-bond acceptors (Lipinski definition) is 4. The number of carboxylic acids is 1. The lowest BCUT2D eigenvalue weighted by Gasteiger charge is -2.29. The Morgan fingerprint density at radius 1 is 1.50 bits per heavy atom. The lowest BCUT2D eigenvalue weighted by molar-refractivity contribution is 0.0696. The van der Waals surface area contributed by atoms with Gasteiger partial charge >= 0.3 is 5.97 Å². The second kappa shape index (κ2) is 6.47. The molecule has 100 valence electrons. The van der Waals surface area contributed by atoms with Gasteiger partial charge in [0.15, 0.2) is 0 Å². The van der Waals surface area contributed by atoms with E-state index in [-0.39, 0.29) is 17.7 Å². The molecule has 0 fully saturated rings. The zero-order chi connectivity index (χ0) is 13.6. The molecule has 3 N–H and O–H groups in total. The van der Waals surface area contributed by atoms with Gasteiger partial charge in [-0.15, -0.1) is 0 Å². The Bertz CT molecular complexity index is 392. The smallest absolute Gasteiger partial charge is 0.337 e. The highest BCUT2D eigenvalue weighted by Crippen LogP contribution is 2.14. The van der Waals surface area contributed by atoms with Crippen molar-refractivity contribution >= 4 is 5.97 Å². The van der Waals surface area contributed by atoms with Crippen molar-refractivity contribution in [2.75, 3.05) is 6.61 Å². The van der Waals surface area contributed by atoms with Crippen LogP contribution in [0.15, 0.2) is 18.3 Å². The summed E-state index contributed by atoms with van der Waals surface area (Å²) in [6.45, 7) is 4.81. The largest absolute Gasteiger partial charge is 0.478 e. The van der Waals surface area contributed by atoms with E-state index in [0.29, 0.717) is 13.0 Å². The van der Waals surface area contributed by atoms with Crippen molar-refractivity contribution in [1.29, 1.82) is 0 Å². The number of carbonyl (C=O) groups is 1. The first-order valence-corrected chi connectivity index (χ1v) is 6.05. The number of rotatable bonds is 7. The zero-order valence-corrected chi connectivity index (χ0v) is 10.8. The van der Waals surface area contributed by atoms with E-state index in [1.54, 1.807) is 12.1 Å². The van der Waals surface area contributed by atoms with Crippen LogP contribution in [0.2, 0.25) is 0 Å². The third kappa shape index (κ3) is 4.09. The highest BCUT2D eigenvalue weighted by molar-refractivity contribution is 5.87. The lowest BCUT2D eigenvalue weighted by Crippen LogP contribution is -2.42. The number of nitrogens with one attached hydrogen (secondary N) is 1. The molecule has 0 aromatic carbocycles. The summed E-state index contributed by atoms with van der Waals surface area (Å²) in [7, 11) is 0. The summed E-state index contributed by atoms with van der Waals surface area (Å²) >= 11 is 0. The summed E-state index contributed by atoms with van der Waals surface area (Å²) in [5, 5.41) is 21.1. The molecule has 1 aromatic heterocycles. The molecule has 1 unspecified atom stereocenters. The number of hydrogen-bond donors (Lipinski definition) is 3. The second-order valence-corrected chi connectivity index (χ2v) is 4.58. The van der Waals surface area contributed by atoms with E-state index in [0.717, 1.165) is 12.1 Å². The minimum absolute atomic E-state index is 0.123. The molecule has 0 spiro atoms. The Kier molecular flexibility index (Phi) is 5.25. The van der Waals surface area contributed by atoms with Gasteiger partial charge in [-0.1, -0.05) is 6.92 Å². The van der Waals surface area contributed by atoms with Gasteiger partial charge in [0.25, 0.3) is 0 Å². The average Bonchev–Trinajstić information content (AvgIpc) is 2.37. The van der Waals surface area contributed by atoms with Crippen molar-refractivity contribution in [1.82, 2.24) is 10.3 Å². The van der Waals surface area contributed by atoms with Crippen LogP contribution in [0.4, 0.5) is 0 Å². The van der Waals surface area contributed by atoms with E-state index in [2.05, 4.69) is 24.1 Å². The fraction of sp³-hybridized carbons (Fsp3) is 0.538. The normalized spacial score (nSPS) is 14.2. The van der Waals surface area contributed by atoms with E-state index >= 15 is 0 Å². The first kappa shape index (κ1) is 14.6. The molecule has 1 rings (SSSR count).